The molecule has 0 bridgehead atoms. The Labute approximate surface area is 230 Å². The highest BCUT2D eigenvalue weighted by Crippen LogP contribution is 2.45. The molecule has 200 valence electrons. The lowest BCUT2D eigenvalue weighted by atomic mass is 9.66. The van der Waals surface area contributed by atoms with Crippen molar-refractivity contribution in [3.05, 3.63) is 89.0 Å². The fourth-order valence-electron chi connectivity index (χ4n) is 5.45. The molecule has 0 aromatic heterocycles. The van der Waals surface area contributed by atoms with Crippen molar-refractivity contribution in [1.82, 2.24) is 0 Å². The Balaban J connectivity index is 1.95. The van der Waals surface area contributed by atoms with E-state index in [0.29, 0.717) is 5.84 Å². The monoisotopic (exact) mass is 507 g/mol. The molecule has 0 amide bonds. The van der Waals surface area contributed by atoms with Crippen molar-refractivity contribution in [1.29, 1.82) is 5.41 Å². The molecule has 1 aliphatic heterocycles. The van der Waals surface area contributed by atoms with E-state index >= 15 is 0 Å². The number of fused-ring (bicyclic) bond motifs is 1. The van der Waals surface area contributed by atoms with Gasteiger partial charge < -0.3 is 0 Å². The van der Waals surface area contributed by atoms with Gasteiger partial charge in [-0.15, -0.1) is 0 Å². The number of anilines is 1. The fourth-order valence-corrected chi connectivity index (χ4v) is 5.45. The summed E-state index contributed by atoms with van der Waals surface area (Å²) >= 11 is 0. The number of hydrogen-bond donors (Lipinski definition) is 1. The van der Waals surface area contributed by atoms with E-state index in [2.05, 4.69) is 134 Å². The van der Waals surface area contributed by atoms with Crippen LogP contribution < -0.4 is 4.90 Å². The van der Waals surface area contributed by atoms with Crippen molar-refractivity contribution < 1.29 is 0 Å². The highest BCUT2D eigenvalue weighted by Gasteiger charge is 2.46. The third-order valence-corrected chi connectivity index (χ3v) is 8.78. The summed E-state index contributed by atoms with van der Waals surface area (Å²) in [5.41, 5.74) is 7.41. The van der Waals surface area contributed by atoms with Crippen LogP contribution in [0.1, 0.15) is 90.0 Å². The SMILES string of the molecule is CCCCC(C)(C)C(=N)N(C1=NC(C)(C)C(C)(C)c2ccc(C)cc21)c1ccc(-c2ccccc2)cc1C. The normalized spacial score (nSPS) is 16.0. The second-order valence-electron chi connectivity index (χ2n) is 12.7. The van der Waals surface area contributed by atoms with Crippen molar-refractivity contribution in [3.8, 4) is 11.1 Å². The first-order valence-corrected chi connectivity index (χ1v) is 14.1. The van der Waals surface area contributed by atoms with Crippen LogP contribution in [-0.4, -0.2) is 17.2 Å². The molecule has 0 saturated carbocycles. The molecule has 3 aromatic carbocycles. The lowest BCUT2D eigenvalue weighted by Gasteiger charge is -2.47. The average molecular weight is 508 g/mol. The highest BCUT2D eigenvalue weighted by atomic mass is 15.3. The van der Waals surface area contributed by atoms with E-state index in [0.717, 1.165) is 41.9 Å². The maximum atomic E-state index is 9.68. The van der Waals surface area contributed by atoms with E-state index in [1.165, 1.54) is 22.3 Å². The topological polar surface area (TPSA) is 39.5 Å². The summed E-state index contributed by atoms with van der Waals surface area (Å²) in [6, 6.07) is 23.9. The number of nitrogens with zero attached hydrogens (tertiary/aromatic N) is 2. The number of aryl methyl sites for hydroxylation is 2. The predicted octanol–water partition coefficient (Wildman–Crippen LogP) is 9.49. The molecule has 4 rings (SSSR count). The molecule has 1 aliphatic rings. The summed E-state index contributed by atoms with van der Waals surface area (Å²) in [5.74, 6) is 1.49. The summed E-state index contributed by atoms with van der Waals surface area (Å²) in [6.07, 6.45) is 3.17. The standard InChI is InChI=1S/C35H45N3/c1-10-11-21-33(4,5)32(36)38(30-20-18-27(23-25(30)3)26-15-13-12-14-16-26)31-28-22-24(2)17-19-29(28)34(6,7)35(8,9)37-31/h12-20,22-23,36H,10-11,21H2,1-9H3. The first kappa shape index (κ1) is 27.8. The maximum Gasteiger partial charge on any atom is 0.141 e. The molecule has 0 spiro atoms. The first-order valence-electron chi connectivity index (χ1n) is 14.1. The average Bonchev–Trinajstić information content (AvgIpc) is 2.87. The summed E-state index contributed by atoms with van der Waals surface area (Å²) in [5, 5.41) is 9.68. The number of aliphatic imine (C=N–C) groups is 1. The zero-order valence-corrected chi connectivity index (χ0v) is 24.9. The van der Waals surface area contributed by atoms with E-state index < -0.39 is 0 Å². The van der Waals surface area contributed by atoms with Crippen LogP contribution in [0.3, 0.4) is 0 Å². The second kappa shape index (κ2) is 10.2. The van der Waals surface area contributed by atoms with Gasteiger partial charge in [0.05, 0.1) is 11.2 Å². The Bertz CT molecular complexity index is 1360. The number of unbranched alkanes of at least 4 members (excludes halogenated alkanes) is 1. The van der Waals surface area contributed by atoms with E-state index in [-0.39, 0.29) is 16.4 Å². The Morgan fingerprint density at radius 3 is 2.21 bits per heavy atom. The predicted molar refractivity (Wildman–Crippen MR) is 165 cm³/mol. The Morgan fingerprint density at radius 2 is 1.58 bits per heavy atom. The van der Waals surface area contributed by atoms with Gasteiger partial charge in [-0.05, 0) is 74.6 Å². The van der Waals surface area contributed by atoms with Crippen molar-refractivity contribution in [2.24, 2.45) is 10.4 Å². The molecule has 1 N–H and O–H groups in total. The first-order chi connectivity index (χ1) is 17.8. The van der Waals surface area contributed by atoms with Gasteiger partial charge >= 0.3 is 0 Å². The molecule has 3 nitrogen and oxygen atoms in total. The highest BCUT2D eigenvalue weighted by molar-refractivity contribution is 6.26. The third kappa shape index (κ3) is 4.96. The largest absolute Gasteiger partial charge is 0.287 e. The lowest BCUT2D eigenvalue weighted by molar-refractivity contribution is 0.303. The summed E-state index contributed by atoms with van der Waals surface area (Å²) in [7, 11) is 0. The molecule has 0 aliphatic carbocycles. The number of nitrogens with one attached hydrogen (secondary N) is 1. The van der Waals surface area contributed by atoms with Gasteiger partial charge in [0.15, 0.2) is 0 Å². The summed E-state index contributed by atoms with van der Waals surface area (Å²) < 4.78 is 0. The van der Waals surface area contributed by atoms with Gasteiger partial charge in [0.25, 0.3) is 0 Å². The molecule has 0 unspecified atom stereocenters. The van der Waals surface area contributed by atoms with Crippen LogP contribution in [0.5, 0.6) is 0 Å². The van der Waals surface area contributed by atoms with Gasteiger partial charge in [-0.1, -0.05) is 102 Å². The zero-order chi connectivity index (χ0) is 27.9. The molecular formula is C35H45N3. The molecule has 0 fully saturated rings. The minimum Gasteiger partial charge on any atom is -0.287 e. The van der Waals surface area contributed by atoms with Gasteiger partial charge in [0.2, 0.25) is 0 Å². The quantitative estimate of drug-likeness (QED) is 0.262. The molecule has 0 radical (unpaired) electrons. The number of amidine groups is 2. The maximum absolute atomic E-state index is 9.68. The van der Waals surface area contributed by atoms with Crippen LogP contribution in [0.15, 0.2) is 71.7 Å². The van der Waals surface area contributed by atoms with E-state index in [1.807, 2.05) is 0 Å². The molecule has 1 heterocycles. The summed E-state index contributed by atoms with van der Waals surface area (Å²) in [4.78, 5) is 7.63. The van der Waals surface area contributed by atoms with Crippen molar-refractivity contribution in [2.45, 2.75) is 92.5 Å². The smallest absolute Gasteiger partial charge is 0.141 e. The van der Waals surface area contributed by atoms with Gasteiger partial charge in [-0.25, -0.2) is 0 Å². The number of hydrogen-bond acceptors (Lipinski definition) is 2. The van der Waals surface area contributed by atoms with Crippen molar-refractivity contribution in [2.75, 3.05) is 4.90 Å². The molecule has 0 atom stereocenters. The Kier molecular flexibility index (Phi) is 7.45. The number of rotatable bonds is 6. The van der Waals surface area contributed by atoms with E-state index in [9.17, 15) is 5.41 Å². The Hall–Kier alpha value is -3.20. The van der Waals surface area contributed by atoms with Gasteiger partial charge in [-0.3, -0.25) is 15.3 Å². The van der Waals surface area contributed by atoms with Crippen LogP contribution in [0.2, 0.25) is 0 Å². The molecule has 0 saturated heterocycles. The van der Waals surface area contributed by atoms with Crippen molar-refractivity contribution >= 4 is 17.4 Å². The minimum absolute atomic E-state index is 0.142. The van der Waals surface area contributed by atoms with E-state index in [4.69, 9.17) is 4.99 Å². The molecular weight excluding hydrogens is 462 g/mol. The van der Waals surface area contributed by atoms with Crippen LogP contribution in [0.25, 0.3) is 11.1 Å². The third-order valence-electron chi connectivity index (χ3n) is 8.78. The van der Waals surface area contributed by atoms with Crippen LogP contribution in [-0.2, 0) is 5.41 Å². The van der Waals surface area contributed by atoms with Crippen molar-refractivity contribution in [3.63, 3.8) is 0 Å². The Morgan fingerprint density at radius 1 is 0.895 bits per heavy atom. The van der Waals surface area contributed by atoms with Gasteiger partial charge in [0.1, 0.15) is 11.7 Å². The van der Waals surface area contributed by atoms with Gasteiger partial charge in [-0.2, -0.15) is 0 Å². The van der Waals surface area contributed by atoms with Gasteiger partial charge in [0, 0.05) is 16.4 Å². The number of benzene rings is 3. The minimum atomic E-state index is -0.339. The second-order valence-corrected chi connectivity index (χ2v) is 12.7. The molecule has 38 heavy (non-hydrogen) atoms. The summed E-state index contributed by atoms with van der Waals surface area (Å²) in [6.45, 7) is 20.0. The molecule has 3 aromatic rings. The van der Waals surface area contributed by atoms with Crippen LogP contribution >= 0.6 is 0 Å². The lowest BCUT2D eigenvalue weighted by Crippen LogP contribution is -2.52. The van der Waals surface area contributed by atoms with Crippen LogP contribution in [0, 0.1) is 24.7 Å². The molecule has 3 heteroatoms. The zero-order valence-electron chi connectivity index (χ0n) is 24.9. The van der Waals surface area contributed by atoms with Crippen LogP contribution in [0.4, 0.5) is 5.69 Å². The fraction of sp³-hybridized carbons (Fsp3) is 0.429. The van der Waals surface area contributed by atoms with E-state index in [1.54, 1.807) is 0 Å².